The van der Waals surface area contributed by atoms with Crippen molar-refractivity contribution in [2.45, 2.75) is 32.2 Å². The van der Waals surface area contributed by atoms with Crippen molar-refractivity contribution >= 4 is 17.2 Å². The van der Waals surface area contributed by atoms with Gasteiger partial charge in [-0.2, -0.15) is 0 Å². The van der Waals surface area contributed by atoms with Crippen LogP contribution in [0.15, 0.2) is 0 Å². The van der Waals surface area contributed by atoms with E-state index in [-0.39, 0.29) is 0 Å². The summed E-state index contributed by atoms with van der Waals surface area (Å²) in [5, 5.41) is 0. The lowest BCUT2D eigenvalue weighted by Crippen LogP contribution is -2.45. The first-order valence-electron chi connectivity index (χ1n) is 5.67. The molecule has 1 aliphatic heterocycles. The Bertz CT molecular complexity index is 211. The smallest absolute Gasteiger partial charge is 0.0771 e. The fourth-order valence-electron chi connectivity index (χ4n) is 2.11. The van der Waals surface area contributed by atoms with E-state index in [2.05, 4.69) is 11.8 Å². The molecule has 2 unspecified atom stereocenters. The molecule has 0 spiro atoms. The zero-order chi connectivity index (χ0) is 11.3. The van der Waals surface area contributed by atoms with E-state index in [0.717, 1.165) is 26.0 Å². The monoisotopic (exact) mass is 230 g/mol. The molecule has 15 heavy (non-hydrogen) atoms. The fourth-order valence-corrected chi connectivity index (χ4v) is 2.30. The Morgan fingerprint density at radius 1 is 1.67 bits per heavy atom. The molecule has 2 N–H and O–H groups in total. The van der Waals surface area contributed by atoms with Crippen molar-refractivity contribution in [3.63, 3.8) is 0 Å². The number of ether oxygens (including phenoxy) is 1. The molecule has 1 aliphatic rings. The first-order chi connectivity index (χ1) is 7.15. The van der Waals surface area contributed by atoms with E-state index in [4.69, 9.17) is 22.7 Å². The van der Waals surface area contributed by atoms with Crippen LogP contribution in [0, 0.1) is 5.92 Å². The van der Waals surface area contributed by atoms with Gasteiger partial charge in [-0.1, -0.05) is 12.2 Å². The second kappa shape index (κ2) is 6.40. The van der Waals surface area contributed by atoms with Crippen molar-refractivity contribution in [3.05, 3.63) is 0 Å². The average molecular weight is 230 g/mol. The highest BCUT2D eigenvalue weighted by atomic mass is 32.1. The summed E-state index contributed by atoms with van der Waals surface area (Å²) >= 11 is 5.07. The van der Waals surface area contributed by atoms with Crippen LogP contribution in [0.3, 0.4) is 0 Å². The van der Waals surface area contributed by atoms with Gasteiger partial charge in [-0.3, -0.25) is 4.90 Å². The van der Waals surface area contributed by atoms with Gasteiger partial charge in [-0.15, -0.1) is 0 Å². The number of methoxy groups -OCH3 is 1. The van der Waals surface area contributed by atoms with Crippen molar-refractivity contribution in [2.75, 3.05) is 26.8 Å². The van der Waals surface area contributed by atoms with Gasteiger partial charge in [-0.25, -0.2) is 0 Å². The summed E-state index contributed by atoms with van der Waals surface area (Å²) in [6, 6.07) is 0.571. The maximum absolute atomic E-state index is 5.71. The molecular weight excluding hydrogens is 208 g/mol. The van der Waals surface area contributed by atoms with Crippen molar-refractivity contribution in [3.8, 4) is 0 Å². The van der Waals surface area contributed by atoms with E-state index >= 15 is 0 Å². The highest BCUT2D eigenvalue weighted by Gasteiger charge is 2.24. The van der Waals surface area contributed by atoms with Crippen molar-refractivity contribution in [1.29, 1.82) is 0 Å². The SMILES string of the molecule is COCCC(C)N1CCCC(C(N)=S)C1. The third-order valence-corrected chi connectivity index (χ3v) is 3.55. The minimum absolute atomic E-state index is 0.416. The van der Waals surface area contributed by atoms with E-state index in [9.17, 15) is 0 Å². The Balaban J connectivity index is 2.37. The van der Waals surface area contributed by atoms with Crippen molar-refractivity contribution < 1.29 is 4.74 Å². The molecule has 0 aliphatic carbocycles. The molecule has 88 valence electrons. The van der Waals surface area contributed by atoms with E-state index in [1.165, 1.54) is 13.0 Å². The first kappa shape index (κ1) is 12.9. The summed E-state index contributed by atoms with van der Waals surface area (Å²) in [5.74, 6) is 0.416. The lowest BCUT2D eigenvalue weighted by molar-refractivity contribution is 0.113. The predicted octanol–water partition coefficient (Wildman–Crippen LogP) is 1.41. The Labute approximate surface area is 98.0 Å². The van der Waals surface area contributed by atoms with E-state index in [1.54, 1.807) is 7.11 Å². The second-order valence-corrected chi connectivity index (χ2v) is 4.84. The summed E-state index contributed by atoms with van der Waals surface area (Å²) in [4.78, 5) is 3.16. The molecule has 1 fully saturated rings. The number of likely N-dealkylation sites (tertiary alicyclic amines) is 1. The third-order valence-electron chi connectivity index (χ3n) is 3.22. The zero-order valence-corrected chi connectivity index (χ0v) is 10.6. The molecule has 0 saturated carbocycles. The first-order valence-corrected chi connectivity index (χ1v) is 6.08. The normalized spacial score (nSPS) is 25.1. The Kier molecular flexibility index (Phi) is 5.50. The second-order valence-electron chi connectivity index (χ2n) is 4.37. The summed E-state index contributed by atoms with van der Waals surface area (Å²) in [6.07, 6.45) is 3.45. The minimum Gasteiger partial charge on any atom is -0.393 e. The van der Waals surface area contributed by atoms with Crippen molar-refractivity contribution in [1.82, 2.24) is 4.90 Å². The van der Waals surface area contributed by atoms with E-state index in [1.807, 2.05) is 0 Å². The maximum Gasteiger partial charge on any atom is 0.0771 e. The van der Waals surface area contributed by atoms with Gasteiger partial charge in [0.1, 0.15) is 0 Å². The lowest BCUT2D eigenvalue weighted by atomic mass is 9.96. The highest BCUT2D eigenvalue weighted by molar-refractivity contribution is 7.80. The van der Waals surface area contributed by atoms with Gasteiger partial charge in [0.25, 0.3) is 0 Å². The molecule has 0 amide bonds. The molecule has 2 atom stereocenters. The molecule has 0 bridgehead atoms. The number of hydrogen-bond donors (Lipinski definition) is 1. The van der Waals surface area contributed by atoms with Crippen LogP contribution < -0.4 is 5.73 Å². The summed E-state index contributed by atoms with van der Waals surface area (Å²) in [5.41, 5.74) is 5.71. The van der Waals surface area contributed by atoms with Crippen LogP contribution in [-0.4, -0.2) is 42.7 Å². The van der Waals surface area contributed by atoms with Crippen molar-refractivity contribution in [2.24, 2.45) is 11.7 Å². The zero-order valence-electron chi connectivity index (χ0n) is 9.74. The summed E-state index contributed by atoms with van der Waals surface area (Å²) in [6.45, 7) is 5.28. The van der Waals surface area contributed by atoms with Crippen LogP contribution in [0.25, 0.3) is 0 Å². The summed E-state index contributed by atoms with van der Waals surface area (Å²) in [7, 11) is 1.75. The quantitative estimate of drug-likeness (QED) is 0.725. The van der Waals surface area contributed by atoms with Gasteiger partial charge in [0.05, 0.1) is 4.99 Å². The van der Waals surface area contributed by atoms with Gasteiger partial charge in [-0.05, 0) is 32.7 Å². The van der Waals surface area contributed by atoms with E-state index in [0.29, 0.717) is 16.9 Å². The Hall–Kier alpha value is -0.190. The standard InChI is InChI=1S/C11H22N2OS/c1-9(5-7-14-2)13-6-3-4-10(8-13)11(12)15/h9-10H,3-8H2,1-2H3,(H2,12,15). The fraction of sp³-hybridized carbons (Fsp3) is 0.909. The molecule has 0 aromatic rings. The number of rotatable bonds is 5. The Morgan fingerprint density at radius 2 is 2.40 bits per heavy atom. The van der Waals surface area contributed by atoms with Gasteiger partial charge >= 0.3 is 0 Å². The van der Waals surface area contributed by atoms with Gasteiger partial charge in [0.15, 0.2) is 0 Å². The largest absolute Gasteiger partial charge is 0.393 e. The Morgan fingerprint density at radius 3 is 3.00 bits per heavy atom. The number of piperidine rings is 1. The average Bonchev–Trinajstić information content (AvgIpc) is 2.26. The van der Waals surface area contributed by atoms with Crippen LogP contribution in [0.1, 0.15) is 26.2 Å². The molecule has 1 saturated heterocycles. The van der Waals surface area contributed by atoms with Crippen LogP contribution in [0.5, 0.6) is 0 Å². The minimum atomic E-state index is 0.416. The summed E-state index contributed by atoms with van der Waals surface area (Å²) < 4.78 is 5.10. The molecule has 1 rings (SSSR count). The molecule has 4 heteroatoms. The highest BCUT2D eigenvalue weighted by Crippen LogP contribution is 2.19. The van der Waals surface area contributed by atoms with Crippen LogP contribution in [0.2, 0.25) is 0 Å². The van der Waals surface area contributed by atoms with Gasteiger partial charge in [0.2, 0.25) is 0 Å². The number of nitrogens with two attached hydrogens (primary N) is 1. The van der Waals surface area contributed by atoms with Crippen LogP contribution in [0.4, 0.5) is 0 Å². The lowest BCUT2D eigenvalue weighted by Gasteiger charge is -2.36. The van der Waals surface area contributed by atoms with Crippen LogP contribution in [-0.2, 0) is 4.74 Å². The van der Waals surface area contributed by atoms with E-state index < -0.39 is 0 Å². The third kappa shape index (κ3) is 4.05. The number of thiocarbonyl (C=S) groups is 1. The molecule has 1 heterocycles. The maximum atomic E-state index is 5.71. The number of nitrogens with zero attached hydrogens (tertiary/aromatic N) is 1. The molecular formula is C11H22N2OS. The van der Waals surface area contributed by atoms with Gasteiger partial charge in [0, 0.05) is 32.2 Å². The number of hydrogen-bond acceptors (Lipinski definition) is 3. The molecule has 0 aromatic heterocycles. The molecule has 0 aromatic carbocycles. The topological polar surface area (TPSA) is 38.5 Å². The predicted molar refractivity (Wildman–Crippen MR) is 67.0 cm³/mol. The molecule has 3 nitrogen and oxygen atoms in total. The van der Waals surface area contributed by atoms with Crippen LogP contribution >= 0.6 is 12.2 Å². The van der Waals surface area contributed by atoms with Gasteiger partial charge < -0.3 is 10.5 Å². The molecule has 0 radical (unpaired) electrons.